The summed E-state index contributed by atoms with van der Waals surface area (Å²) in [4.78, 5) is 0. The summed E-state index contributed by atoms with van der Waals surface area (Å²) in [7, 11) is 0. The standard InChI is InChI=1S/C32H50F2/c1-2-6-25-10-21-31(32(34)23-25)30-19-17-29(18-20-30)28-15-13-27(14-16-28)26-11-8-24(9-12-26)7-4-3-5-22-33/h10,21,23-24,26-30H,2-9,11-20,22H2,1H3/t24-,26-,27?,28?,29?,30?. The van der Waals surface area contributed by atoms with Crippen molar-refractivity contribution in [1.29, 1.82) is 0 Å². The fourth-order valence-electron chi connectivity index (χ4n) is 7.99. The third-order valence-corrected chi connectivity index (χ3v) is 10.1. The highest BCUT2D eigenvalue weighted by Gasteiger charge is 2.35. The molecule has 0 saturated heterocycles. The molecule has 0 amide bonds. The monoisotopic (exact) mass is 472 g/mol. The smallest absolute Gasteiger partial charge is 0.126 e. The normalized spacial score (nSPS) is 32.6. The maximum Gasteiger partial charge on any atom is 0.126 e. The van der Waals surface area contributed by atoms with Crippen molar-refractivity contribution in [3.63, 3.8) is 0 Å². The van der Waals surface area contributed by atoms with E-state index in [4.69, 9.17) is 0 Å². The van der Waals surface area contributed by atoms with Gasteiger partial charge in [0.05, 0.1) is 6.67 Å². The molecule has 3 aliphatic rings. The predicted octanol–water partition coefficient (Wildman–Crippen LogP) is 10.2. The lowest BCUT2D eigenvalue weighted by Gasteiger charge is -2.41. The molecule has 3 saturated carbocycles. The fourth-order valence-corrected chi connectivity index (χ4v) is 7.99. The SMILES string of the molecule is CCCc1ccc(C2CCC(C3CCC([C@H]4CC[C@H](CCCCCF)CC4)CC3)CC2)c(F)c1. The van der Waals surface area contributed by atoms with Crippen molar-refractivity contribution in [3.8, 4) is 0 Å². The second-order valence-electron chi connectivity index (χ2n) is 12.2. The topological polar surface area (TPSA) is 0 Å². The van der Waals surface area contributed by atoms with Crippen molar-refractivity contribution in [3.05, 3.63) is 35.1 Å². The summed E-state index contributed by atoms with van der Waals surface area (Å²) in [6.45, 7) is 2.02. The molecule has 0 aliphatic heterocycles. The van der Waals surface area contributed by atoms with Crippen LogP contribution >= 0.6 is 0 Å². The van der Waals surface area contributed by atoms with Gasteiger partial charge in [-0.1, -0.05) is 57.6 Å². The lowest BCUT2D eigenvalue weighted by Crippen LogP contribution is -2.29. The zero-order chi connectivity index (χ0) is 23.8. The lowest BCUT2D eigenvalue weighted by atomic mass is 9.64. The Morgan fingerprint density at radius 1 is 0.706 bits per heavy atom. The van der Waals surface area contributed by atoms with Crippen molar-refractivity contribution in [1.82, 2.24) is 0 Å². The number of benzene rings is 1. The predicted molar refractivity (Wildman–Crippen MR) is 140 cm³/mol. The number of alkyl halides is 1. The Morgan fingerprint density at radius 3 is 1.79 bits per heavy atom. The number of aryl methyl sites for hydroxylation is 1. The van der Waals surface area contributed by atoms with Crippen LogP contribution in [0.4, 0.5) is 8.78 Å². The van der Waals surface area contributed by atoms with Gasteiger partial charge < -0.3 is 0 Å². The van der Waals surface area contributed by atoms with E-state index in [9.17, 15) is 8.78 Å². The quantitative estimate of drug-likeness (QED) is 0.297. The number of halogens is 2. The molecule has 0 nitrogen and oxygen atoms in total. The molecular weight excluding hydrogens is 422 g/mol. The molecule has 2 heteroatoms. The Labute approximate surface area is 208 Å². The van der Waals surface area contributed by atoms with Crippen LogP contribution in [0.2, 0.25) is 0 Å². The third-order valence-electron chi connectivity index (χ3n) is 10.1. The van der Waals surface area contributed by atoms with Gasteiger partial charge in [-0.15, -0.1) is 0 Å². The molecule has 0 spiro atoms. The highest BCUT2D eigenvalue weighted by atomic mass is 19.1. The van der Waals surface area contributed by atoms with Gasteiger partial charge in [0.1, 0.15) is 5.82 Å². The second kappa shape index (κ2) is 13.4. The molecule has 1 aromatic carbocycles. The first-order valence-corrected chi connectivity index (χ1v) is 15.0. The third kappa shape index (κ3) is 7.07. The molecule has 0 atom stereocenters. The Hall–Kier alpha value is -0.920. The van der Waals surface area contributed by atoms with Crippen molar-refractivity contribution in [2.75, 3.05) is 6.67 Å². The van der Waals surface area contributed by atoms with Gasteiger partial charge in [-0.25, -0.2) is 4.39 Å². The molecule has 34 heavy (non-hydrogen) atoms. The highest BCUT2D eigenvalue weighted by molar-refractivity contribution is 5.27. The van der Waals surface area contributed by atoms with E-state index in [1.54, 1.807) is 6.07 Å². The van der Waals surface area contributed by atoms with Crippen molar-refractivity contribution < 1.29 is 8.78 Å². The summed E-state index contributed by atoms with van der Waals surface area (Å²) >= 11 is 0. The van der Waals surface area contributed by atoms with Gasteiger partial charge in [-0.2, -0.15) is 0 Å². The van der Waals surface area contributed by atoms with Gasteiger partial charge in [0, 0.05) is 0 Å². The van der Waals surface area contributed by atoms with Crippen LogP contribution in [-0.2, 0) is 6.42 Å². The zero-order valence-electron chi connectivity index (χ0n) is 21.9. The summed E-state index contributed by atoms with van der Waals surface area (Å²) in [5, 5.41) is 0. The first kappa shape index (κ1) is 26.2. The van der Waals surface area contributed by atoms with Crippen LogP contribution in [0.15, 0.2) is 18.2 Å². The molecular formula is C32H50F2. The van der Waals surface area contributed by atoms with Crippen molar-refractivity contribution >= 4 is 0 Å². The van der Waals surface area contributed by atoms with Gasteiger partial charge in [0.15, 0.2) is 0 Å². The van der Waals surface area contributed by atoms with E-state index in [2.05, 4.69) is 19.1 Å². The number of unbranched alkanes of at least 4 members (excludes halogenated alkanes) is 2. The first-order valence-electron chi connectivity index (χ1n) is 15.0. The molecule has 3 aliphatic carbocycles. The van der Waals surface area contributed by atoms with E-state index in [0.29, 0.717) is 5.92 Å². The molecule has 4 rings (SSSR count). The summed E-state index contributed by atoms with van der Waals surface area (Å²) < 4.78 is 27.0. The molecule has 0 unspecified atom stereocenters. The van der Waals surface area contributed by atoms with Gasteiger partial charge in [0.2, 0.25) is 0 Å². The van der Waals surface area contributed by atoms with E-state index in [0.717, 1.165) is 66.4 Å². The minimum absolute atomic E-state index is 0.0457. The van der Waals surface area contributed by atoms with E-state index >= 15 is 0 Å². The van der Waals surface area contributed by atoms with Crippen molar-refractivity contribution in [2.45, 2.75) is 128 Å². The van der Waals surface area contributed by atoms with E-state index in [1.807, 2.05) is 0 Å². The van der Waals surface area contributed by atoms with Gasteiger partial charge in [-0.3, -0.25) is 4.39 Å². The summed E-state index contributed by atoms with van der Waals surface area (Å²) in [5.74, 6) is 5.20. The van der Waals surface area contributed by atoms with Crippen LogP contribution in [0.3, 0.4) is 0 Å². The maximum atomic E-state index is 14.7. The van der Waals surface area contributed by atoms with Crippen LogP contribution < -0.4 is 0 Å². The average molecular weight is 473 g/mol. The van der Waals surface area contributed by atoms with E-state index in [1.165, 1.54) is 89.9 Å². The largest absolute Gasteiger partial charge is 0.251 e. The van der Waals surface area contributed by atoms with Crippen LogP contribution in [-0.4, -0.2) is 6.67 Å². The number of hydrogen-bond donors (Lipinski definition) is 0. The number of hydrogen-bond acceptors (Lipinski definition) is 0. The van der Waals surface area contributed by atoms with Crippen LogP contribution in [0.1, 0.15) is 133 Å². The average Bonchev–Trinajstić information content (AvgIpc) is 2.88. The Bertz CT molecular complexity index is 704. The molecule has 0 aromatic heterocycles. The minimum atomic E-state index is -0.137. The van der Waals surface area contributed by atoms with Gasteiger partial charge in [-0.05, 0) is 130 Å². The summed E-state index contributed by atoms with van der Waals surface area (Å²) in [6.07, 6.45) is 23.1. The maximum absolute atomic E-state index is 14.7. The van der Waals surface area contributed by atoms with Crippen LogP contribution in [0.25, 0.3) is 0 Å². The molecule has 0 N–H and O–H groups in total. The van der Waals surface area contributed by atoms with E-state index < -0.39 is 0 Å². The Morgan fingerprint density at radius 2 is 1.26 bits per heavy atom. The van der Waals surface area contributed by atoms with E-state index in [-0.39, 0.29) is 12.5 Å². The summed E-state index contributed by atoms with van der Waals surface area (Å²) in [6, 6.07) is 6.05. The molecule has 0 radical (unpaired) electrons. The fraction of sp³-hybridized carbons (Fsp3) is 0.812. The molecule has 0 bridgehead atoms. The van der Waals surface area contributed by atoms with Gasteiger partial charge in [0.25, 0.3) is 0 Å². The molecule has 192 valence electrons. The lowest BCUT2D eigenvalue weighted by molar-refractivity contribution is 0.108. The zero-order valence-corrected chi connectivity index (χ0v) is 21.9. The highest BCUT2D eigenvalue weighted by Crippen LogP contribution is 2.47. The molecule has 0 heterocycles. The first-order chi connectivity index (χ1) is 16.7. The second-order valence-corrected chi connectivity index (χ2v) is 12.2. The Kier molecular flexibility index (Phi) is 10.3. The van der Waals surface area contributed by atoms with Gasteiger partial charge >= 0.3 is 0 Å². The van der Waals surface area contributed by atoms with Crippen LogP contribution in [0, 0.1) is 35.4 Å². The molecule has 3 fully saturated rings. The summed E-state index contributed by atoms with van der Waals surface area (Å²) in [5.41, 5.74) is 2.14. The minimum Gasteiger partial charge on any atom is -0.251 e. The Balaban J connectivity index is 1.15. The van der Waals surface area contributed by atoms with Crippen molar-refractivity contribution in [2.24, 2.45) is 29.6 Å². The number of rotatable bonds is 10. The van der Waals surface area contributed by atoms with Crippen LogP contribution in [0.5, 0.6) is 0 Å². The molecule has 1 aromatic rings.